The second kappa shape index (κ2) is 8.31. The first-order chi connectivity index (χ1) is 15.6. The van der Waals surface area contributed by atoms with Gasteiger partial charge in [-0.2, -0.15) is 0 Å². The first-order valence-electron chi connectivity index (χ1n) is 10.7. The van der Waals surface area contributed by atoms with Crippen LogP contribution in [0.25, 0.3) is 26.5 Å². The summed E-state index contributed by atoms with van der Waals surface area (Å²) in [5.74, 6) is 0.885. The fraction of sp³-hybridized carbons (Fsp3) is 0.280. The van der Waals surface area contributed by atoms with E-state index in [-0.39, 0.29) is 11.5 Å². The molecule has 5 rings (SSSR count). The lowest BCUT2D eigenvalue weighted by molar-refractivity contribution is 0.0725. The number of nitrogens with zero attached hydrogens (tertiary/aromatic N) is 2. The summed E-state index contributed by atoms with van der Waals surface area (Å²) in [5, 5.41) is 4.10. The van der Waals surface area contributed by atoms with Crippen LogP contribution in [-0.2, 0) is 0 Å². The molecule has 2 aromatic carbocycles. The van der Waals surface area contributed by atoms with Crippen molar-refractivity contribution in [2.75, 3.05) is 27.3 Å². The average molecular weight is 449 g/mol. The van der Waals surface area contributed by atoms with Gasteiger partial charge in [-0.1, -0.05) is 0 Å². The van der Waals surface area contributed by atoms with E-state index in [1.54, 1.807) is 41.3 Å². The molecule has 7 heteroatoms. The topological polar surface area (TPSA) is 60.8 Å². The van der Waals surface area contributed by atoms with Gasteiger partial charge in [-0.05, 0) is 66.4 Å². The van der Waals surface area contributed by atoms with Gasteiger partial charge in [0.1, 0.15) is 0 Å². The van der Waals surface area contributed by atoms with Crippen molar-refractivity contribution in [1.29, 1.82) is 0 Å². The maximum absolute atomic E-state index is 13.6. The average Bonchev–Trinajstić information content (AvgIpc) is 3.31. The number of rotatable bonds is 4. The molecule has 164 valence electrons. The lowest BCUT2D eigenvalue weighted by Crippen LogP contribution is -2.36. The van der Waals surface area contributed by atoms with Crippen LogP contribution in [0.1, 0.15) is 29.6 Å². The summed E-state index contributed by atoms with van der Waals surface area (Å²) in [6, 6.07) is 11.3. The molecular formula is C25H24N2O4S. The summed E-state index contributed by atoms with van der Waals surface area (Å²) < 4.78 is 13.6. The van der Waals surface area contributed by atoms with Crippen molar-refractivity contribution >= 4 is 38.1 Å². The number of ether oxygens (including phenoxy) is 2. The van der Waals surface area contributed by atoms with Crippen LogP contribution in [-0.4, -0.2) is 42.7 Å². The highest BCUT2D eigenvalue weighted by atomic mass is 32.1. The van der Waals surface area contributed by atoms with Crippen molar-refractivity contribution in [3.05, 3.63) is 63.9 Å². The highest BCUT2D eigenvalue weighted by Crippen LogP contribution is 2.33. The molecular weight excluding hydrogens is 424 g/mol. The van der Waals surface area contributed by atoms with Crippen LogP contribution in [0.2, 0.25) is 0 Å². The number of pyridine rings is 1. The van der Waals surface area contributed by atoms with Crippen molar-refractivity contribution in [2.24, 2.45) is 0 Å². The zero-order chi connectivity index (χ0) is 22.2. The van der Waals surface area contributed by atoms with E-state index in [0.717, 1.165) is 48.1 Å². The van der Waals surface area contributed by atoms with E-state index in [2.05, 4.69) is 0 Å². The Morgan fingerprint density at radius 2 is 1.66 bits per heavy atom. The number of hydrogen-bond acceptors (Lipinski definition) is 5. The SMILES string of the molecule is COc1cc2c(C(=O)N3CCCCC3)cn(-c3ccc4sccc4c3)c(=O)c2cc1OC. The predicted molar refractivity (Wildman–Crippen MR) is 128 cm³/mol. The standard InChI is InChI=1S/C25H24N2O4S/c1-30-21-13-18-19(14-22(21)31-2)25(29)27(17-6-7-23-16(12-17)8-11-32-23)15-20(18)24(28)26-9-4-3-5-10-26/h6-8,11-15H,3-5,9-10H2,1-2H3. The molecule has 1 amide bonds. The lowest BCUT2D eigenvalue weighted by Gasteiger charge is -2.27. The molecule has 0 saturated carbocycles. The number of carbonyl (C=O) groups is 1. The Labute approximate surface area is 189 Å². The molecule has 4 aromatic rings. The van der Waals surface area contributed by atoms with Gasteiger partial charge in [-0.15, -0.1) is 11.3 Å². The minimum atomic E-state index is -0.203. The Morgan fingerprint density at radius 3 is 2.38 bits per heavy atom. The number of methoxy groups -OCH3 is 2. The molecule has 0 N–H and O–H groups in total. The Balaban J connectivity index is 1.78. The van der Waals surface area contributed by atoms with Crippen LogP contribution in [0.15, 0.2) is 52.8 Å². The number of thiophene rings is 1. The maximum atomic E-state index is 13.6. The zero-order valence-electron chi connectivity index (χ0n) is 18.1. The van der Waals surface area contributed by atoms with E-state index in [4.69, 9.17) is 9.47 Å². The van der Waals surface area contributed by atoms with Gasteiger partial charge >= 0.3 is 0 Å². The fourth-order valence-corrected chi connectivity index (χ4v) is 5.17. The number of hydrogen-bond donors (Lipinski definition) is 0. The Morgan fingerprint density at radius 1 is 0.938 bits per heavy atom. The second-order valence-corrected chi connectivity index (χ2v) is 8.91. The largest absolute Gasteiger partial charge is 0.493 e. The third-order valence-corrected chi connectivity index (χ3v) is 7.01. The van der Waals surface area contributed by atoms with E-state index in [1.807, 2.05) is 34.5 Å². The van der Waals surface area contributed by atoms with E-state index < -0.39 is 0 Å². The summed E-state index contributed by atoms with van der Waals surface area (Å²) in [4.78, 5) is 29.0. The van der Waals surface area contributed by atoms with Crippen molar-refractivity contribution < 1.29 is 14.3 Å². The molecule has 0 bridgehead atoms. The van der Waals surface area contributed by atoms with Crippen molar-refractivity contribution in [3.63, 3.8) is 0 Å². The van der Waals surface area contributed by atoms with Gasteiger partial charge in [0.2, 0.25) is 0 Å². The van der Waals surface area contributed by atoms with Crippen LogP contribution in [0.3, 0.4) is 0 Å². The quantitative estimate of drug-likeness (QED) is 0.448. The van der Waals surface area contributed by atoms with E-state index >= 15 is 0 Å². The molecule has 2 aromatic heterocycles. The van der Waals surface area contributed by atoms with Crippen LogP contribution < -0.4 is 15.0 Å². The molecule has 0 atom stereocenters. The number of aromatic nitrogens is 1. The molecule has 0 aliphatic carbocycles. The van der Waals surface area contributed by atoms with Crippen LogP contribution in [0, 0.1) is 0 Å². The molecule has 1 saturated heterocycles. The van der Waals surface area contributed by atoms with Gasteiger partial charge < -0.3 is 14.4 Å². The summed E-state index contributed by atoms with van der Waals surface area (Å²) >= 11 is 1.66. The molecule has 1 fully saturated rings. The minimum absolute atomic E-state index is 0.0627. The van der Waals surface area contributed by atoms with Crippen LogP contribution in [0.4, 0.5) is 0 Å². The van der Waals surface area contributed by atoms with E-state index in [1.165, 1.54) is 7.11 Å². The minimum Gasteiger partial charge on any atom is -0.493 e. The number of amides is 1. The maximum Gasteiger partial charge on any atom is 0.263 e. The lowest BCUT2D eigenvalue weighted by atomic mass is 10.0. The number of likely N-dealkylation sites (tertiary alicyclic amines) is 1. The molecule has 0 unspecified atom stereocenters. The summed E-state index contributed by atoms with van der Waals surface area (Å²) in [6.07, 6.45) is 4.81. The Hall–Kier alpha value is -3.32. The molecule has 1 aliphatic rings. The number of fused-ring (bicyclic) bond motifs is 2. The predicted octanol–water partition coefficient (Wildman–Crippen LogP) is 4.85. The van der Waals surface area contributed by atoms with Crippen LogP contribution >= 0.6 is 11.3 Å². The van der Waals surface area contributed by atoms with Gasteiger partial charge in [0.25, 0.3) is 11.5 Å². The zero-order valence-corrected chi connectivity index (χ0v) is 18.9. The summed E-state index contributed by atoms with van der Waals surface area (Å²) in [6.45, 7) is 1.46. The molecule has 0 radical (unpaired) electrons. The van der Waals surface area contributed by atoms with Gasteiger partial charge in [-0.25, -0.2) is 0 Å². The number of carbonyl (C=O) groups excluding carboxylic acids is 1. The highest BCUT2D eigenvalue weighted by Gasteiger charge is 2.24. The molecule has 32 heavy (non-hydrogen) atoms. The van der Waals surface area contributed by atoms with Crippen molar-refractivity contribution in [3.8, 4) is 17.2 Å². The summed E-state index contributed by atoms with van der Waals surface area (Å²) in [5.41, 5.74) is 1.02. The van der Waals surface area contributed by atoms with Gasteiger partial charge in [0.15, 0.2) is 11.5 Å². The highest BCUT2D eigenvalue weighted by molar-refractivity contribution is 7.17. The normalized spacial score (nSPS) is 14.1. The van der Waals surface area contributed by atoms with E-state index in [0.29, 0.717) is 27.8 Å². The van der Waals surface area contributed by atoms with Gasteiger partial charge in [0, 0.05) is 35.1 Å². The fourth-order valence-electron chi connectivity index (χ4n) is 4.40. The van der Waals surface area contributed by atoms with Gasteiger partial charge in [-0.3, -0.25) is 14.2 Å². The number of piperidine rings is 1. The Kier molecular flexibility index (Phi) is 5.35. The Bertz CT molecular complexity index is 1380. The van der Waals surface area contributed by atoms with Gasteiger partial charge in [0.05, 0.1) is 25.2 Å². The molecule has 6 nitrogen and oxygen atoms in total. The second-order valence-electron chi connectivity index (χ2n) is 7.97. The summed E-state index contributed by atoms with van der Waals surface area (Å²) in [7, 11) is 3.09. The first kappa shape index (κ1) is 20.6. The molecule has 3 heterocycles. The third kappa shape index (κ3) is 3.42. The number of benzene rings is 2. The smallest absolute Gasteiger partial charge is 0.263 e. The van der Waals surface area contributed by atoms with Crippen molar-refractivity contribution in [1.82, 2.24) is 9.47 Å². The van der Waals surface area contributed by atoms with E-state index in [9.17, 15) is 9.59 Å². The molecule has 1 aliphatic heterocycles. The monoisotopic (exact) mass is 448 g/mol. The first-order valence-corrected chi connectivity index (χ1v) is 11.6. The third-order valence-electron chi connectivity index (χ3n) is 6.11. The molecule has 0 spiro atoms. The van der Waals surface area contributed by atoms with Crippen LogP contribution in [0.5, 0.6) is 11.5 Å². The van der Waals surface area contributed by atoms with Crippen molar-refractivity contribution in [2.45, 2.75) is 19.3 Å².